The van der Waals surface area contributed by atoms with Crippen molar-refractivity contribution in [3.05, 3.63) is 33.3 Å². The van der Waals surface area contributed by atoms with Gasteiger partial charge in [0, 0.05) is 17.7 Å². The van der Waals surface area contributed by atoms with Crippen LogP contribution in [0, 0.1) is 0 Å². The van der Waals surface area contributed by atoms with Gasteiger partial charge in [-0.25, -0.2) is 0 Å². The van der Waals surface area contributed by atoms with Gasteiger partial charge in [-0.15, -0.1) is 0 Å². The lowest BCUT2D eigenvalue weighted by Gasteiger charge is -2.36. The molecule has 0 atom stereocenters. The van der Waals surface area contributed by atoms with Gasteiger partial charge in [0.1, 0.15) is 0 Å². The molecule has 104 valence electrons. The number of hydrogen-bond acceptors (Lipinski definition) is 3. The first-order valence-electron chi connectivity index (χ1n) is 6.02. The third-order valence-electron chi connectivity index (χ3n) is 3.31. The number of benzene rings is 1. The zero-order chi connectivity index (χ0) is 13.9. The van der Waals surface area contributed by atoms with Gasteiger partial charge < -0.3 is 15.2 Å². The number of carbonyl (C=O) groups excluding carboxylic acids is 1. The molecule has 0 radical (unpaired) electrons. The maximum absolute atomic E-state index is 12.2. The third-order valence-corrected chi connectivity index (χ3v) is 4.11. The van der Waals surface area contributed by atoms with E-state index in [4.69, 9.17) is 16.3 Å². The first-order chi connectivity index (χ1) is 9.06. The second-order valence-corrected chi connectivity index (χ2v) is 5.95. The second kappa shape index (κ2) is 6.22. The molecule has 6 heteroatoms. The number of rotatable bonds is 3. The minimum absolute atomic E-state index is 0.101. The quantitative estimate of drug-likeness (QED) is 0.882. The normalized spacial score (nSPS) is 18.1. The summed E-state index contributed by atoms with van der Waals surface area (Å²) in [6, 6.07) is 5.09. The smallest absolute Gasteiger partial charge is 0.253 e. The highest BCUT2D eigenvalue weighted by molar-refractivity contribution is 9.10. The van der Waals surface area contributed by atoms with Crippen molar-refractivity contribution < 1.29 is 14.6 Å². The van der Waals surface area contributed by atoms with Crippen molar-refractivity contribution >= 4 is 33.4 Å². The van der Waals surface area contributed by atoms with Gasteiger partial charge in [-0.1, -0.05) is 27.5 Å². The van der Waals surface area contributed by atoms with Crippen LogP contribution >= 0.6 is 27.5 Å². The molecule has 4 nitrogen and oxygen atoms in total. The van der Waals surface area contributed by atoms with E-state index in [2.05, 4.69) is 21.2 Å². The van der Waals surface area contributed by atoms with Gasteiger partial charge >= 0.3 is 0 Å². The summed E-state index contributed by atoms with van der Waals surface area (Å²) < 4.78 is 6.08. The fourth-order valence-electron chi connectivity index (χ4n) is 2.07. The van der Waals surface area contributed by atoms with Gasteiger partial charge in [-0.05, 0) is 31.0 Å². The molecule has 1 aromatic rings. The molecule has 2 N–H and O–H groups in total. The number of carbonyl (C=O) groups is 1. The molecule has 0 aliphatic carbocycles. The summed E-state index contributed by atoms with van der Waals surface area (Å²) >= 11 is 9.35. The van der Waals surface area contributed by atoms with Crippen LogP contribution < -0.4 is 5.32 Å². The van der Waals surface area contributed by atoms with E-state index in [-0.39, 0.29) is 12.5 Å². The Morgan fingerprint density at radius 3 is 2.74 bits per heavy atom. The third kappa shape index (κ3) is 3.48. The van der Waals surface area contributed by atoms with E-state index in [0.29, 0.717) is 36.6 Å². The van der Waals surface area contributed by atoms with Gasteiger partial charge in [0.25, 0.3) is 5.91 Å². The van der Waals surface area contributed by atoms with Crippen LogP contribution in [0.15, 0.2) is 22.7 Å². The standard InChI is InChI=1S/C13H15BrClNO3/c14-9-1-2-10(11(15)7-9)12(18)16-13(8-17)3-5-19-6-4-13/h1-2,7,17H,3-6,8H2,(H,16,18). The average molecular weight is 349 g/mol. The fraction of sp³-hybridized carbons (Fsp3) is 0.462. The maximum atomic E-state index is 12.2. The molecule has 1 amide bonds. The van der Waals surface area contributed by atoms with Gasteiger partial charge in [0.05, 0.1) is 22.7 Å². The number of aliphatic hydroxyl groups is 1. The van der Waals surface area contributed by atoms with Crippen molar-refractivity contribution in [3.63, 3.8) is 0 Å². The Morgan fingerprint density at radius 1 is 1.47 bits per heavy atom. The van der Waals surface area contributed by atoms with E-state index in [1.54, 1.807) is 18.2 Å². The summed E-state index contributed by atoms with van der Waals surface area (Å²) in [6.45, 7) is 0.972. The predicted molar refractivity (Wildman–Crippen MR) is 76.5 cm³/mol. The number of amides is 1. The SMILES string of the molecule is O=C(NC1(CO)CCOCC1)c1ccc(Br)cc1Cl. The van der Waals surface area contributed by atoms with Crippen molar-refractivity contribution in [1.82, 2.24) is 5.32 Å². The lowest BCUT2D eigenvalue weighted by atomic mass is 9.90. The molecule has 0 aromatic heterocycles. The molecule has 1 aliphatic heterocycles. The van der Waals surface area contributed by atoms with Gasteiger partial charge in [-0.2, -0.15) is 0 Å². The molecule has 1 heterocycles. The highest BCUT2D eigenvalue weighted by Gasteiger charge is 2.34. The molecule has 0 unspecified atom stereocenters. The summed E-state index contributed by atoms with van der Waals surface area (Å²) in [5, 5.41) is 12.8. The molecule has 1 saturated heterocycles. The molecule has 19 heavy (non-hydrogen) atoms. The van der Waals surface area contributed by atoms with Crippen LogP contribution in [0.1, 0.15) is 23.2 Å². The van der Waals surface area contributed by atoms with Crippen LogP contribution in [0.25, 0.3) is 0 Å². The monoisotopic (exact) mass is 347 g/mol. The first-order valence-corrected chi connectivity index (χ1v) is 7.20. The van der Waals surface area contributed by atoms with Crippen molar-refractivity contribution in [1.29, 1.82) is 0 Å². The summed E-state index contributed by atoms with van der Waals surface area (Å²) in [5.74, 6) is -0.270. The van der Waals surface area contributed by atoms with Crippen molar-refractivity contribution in [2.75, 3.05) is 19.8 Å². The molecule has 2 rings (SSSR count). The largest absolute Gasteiger partial charge is 0.394 e. The fourth-order valence-corrected chi connectivity index (χ4v) is 2.83. The van der Waals surface area contributed by atoms with E-state index in [1.807, 2.05) is 0 Å². The molecule has 0 bridgehead atoms. The molecular formula is C13H15BrClNO3. The van der Waals surface area contributed by atoms with E-state index in [9.17, 15) is 9.90 Å². The van der Waals surface area contributed by atoms with Gasteiger partial charge in [0.15, 0.2) is 0 Å². The van der Waals surface area contributed by atoms with E-state index in [1.165, 1.54) is 0 Å². The lowest BCUT2D eigenvalue weighted by Crippen LogP contribution is -2.54. The number of hydrogen-bond donors (Lipinski definition) is 2. The van der Waals surface area contributed by atoms with Gasteiger partial charge in [0.2, 0.25) is 0 Å². The van der Waals surface area contributed by atoms with Crippen LogP contribution in [0.3, 0.4) is 0 Å². The minimum Gasteiger partial charge on any atom is -0.394 e. The van der Waals surface area contributed by atoms with Crippen LogP contribution in [0.5, 0.6) is 0 Å². The van der Waals surface area contributed by atoms with Crippen molar-refractivity contribution in [3.8, 4) is 0 Å². The zero-order valence-corrected chi connectivity index (χ0v) is 12.6. The summed E-state index contributed by atoms with van der Waals surface area (Å²) in [4.78, 5) is 12.2. The Morgan fingerprint density at radius 2 is 2.16 bits per heavy atom. The van der Waals surface area contributed by atoms with Crippen LogP contribution in [-0.2, 0) is 4.74 Å². The molecule has 0 saturated carbocycles. The Bertz CT molecular complexity index is 475. The van der Waals surface area contributed by atoms with Crippen LogP contribution in [0.2, 0.25) is 5.02 Å². The summed E-state index contributed by atoms with van der Waals surface area (Å²) in [7, 11) is 0. The highest BCUT2D eigenvalue weighted by Crippen LogP contribution is 2.24. The molecule has 0 spiro atoms. The van der Waals surface area contributed by atoms with Crippen LogP contribution in [-0.4, -0.2) is 36.4 Å². The zero-order valence-electron chi connectivity index (χ0n) is 10.3. The highest BCUT2D eigenvalue weighted by atomic mass is 79.9. The average Bonchev–Trinajstić information content (AvgIpc) is 2.39. The lowest BCUT2D eigenvalue weighted by molar-refractivity contribution is 0.0125. The number of ether oxygens (including phenoxy) is 1. The number of aliphatic hydroxyl groups excluding tert-OH is 1. The van der Waals surface area contributed by atoms with Crippen molar-refractivity contribution in [2.24, 2.45) is 0 Å². The molecule has 1 fully saturated rings. The van der Waals surface area contributed by atoms with E-state index in [0.717, 1.165) is 4.47 Å². The molecular weight excluding hydrogens is 334 g/mol. The summed E-state index contributed by atoms with van der Waals surface area (Å²) in [6.07, 6.45) is 1.20. The Balaban J connectivity index is 2.15. The minimum atomic E-state index is -0.605. The Hall–Kier alpha value is -0.620. The van der Waals surface area contributed by atoms with Crippen molar-refractivity contribution in [2.45, 2.75) is 18.4 Å². The van der Waals surface area contributed by atoms with Gasteiger partial charge in [-0.3, -0.25) is 4.79 Å². The topological polar surface area (TPSA) is 58.6 Å². The second-order valence-electron chi connectivity index (χ2n) is 4.63. The Labute approximate surface area is 125 Å². The van der Waals surface area contributed by atoms with Crippen LogP contribution in [0.4, 0.5) is 0 Å². The summed E-state index contributed by atoms with van der Waals surface area (Å²) in [5.41, 5.74) is -0.199. The van der Waals surface area contributed by atoms with E-state index < -0.39 is 5.54 Å². The predicted octanol–water partition coefficient (Wildman–Crippen LogP) is 2.37. The first kappa shape index (κ1) is 14.8. The van der Waals surface area contributed by atoms with E-state index >= 15 is 0 Å². The molecule has 1 aromatic carbocycles. The molecule has 1 aliphatic rings. The maximum Gasteiger partial charge on any atom is 0.253 e. The number of nitrogens with one attached hydrogen (secondary N) is 1. The number of halogens is 2. The Kier molecular flexibility index (Phi) is 4.84.